The van der Waals surface area contributed by atoms with Gasteiger partial charge in [-0.3, -0.25) is 0 Å². The molecule has 0 spiro atoms. The molecule has 5 nitrogen and oxygen atoms in total. The normalized spacial score (nSPS) is 11.3. The first-order chi connectivity index (χ1) is 7.07. The van der Waals surface area contributed by atoms with Crippen LogP contribution < -0.4 is 9.46 Å². The van der Waals surface area contributed by atoms with E-state index in [1.165, 1.54) is 7.11 Å². The topological polar surface area (TPSA) is 68.3 Å². The summed E-state index contributed by atoms with van der Waals surface area (Å²) in [4.78, 5) is 3.95. The lowest BCUT2D eigenvalue weighted by atomic mass is 10.3. The third-order valence-corrected chi connectivity index (χ3v) is 4.33. The van der Waals surface area contributed by atoms with E-state index in [0.717, 1.165) is 5.56 Å². The summed E-state index contributed by atoms with van der Waals surface area (Å²) in [7, 11) is -1.70. The third kappa shape index (κ3) is 4.15. The molecule has 1 heterocycles. The first-order valence-corrected chi connectivity index (χ1v) is 6.87. The minimum Gasteiger partial charge on any atom is -0.481 e. The molecule has 0 aliphatic carbocycles. The molecule has 0 fully saturated rings. The van der Waals surface area contributed by atoms with Gasteiger partial charge in [0.1, 0.15) is 4.66 Å². The molecule has 1 aromatic rings. The molecule has 0 saturated heterocycles. The monoisotopic (exact) mass is 294 g/mol. The van der Waals surface area contributed by atoms with Crippen LogP contribution in [0.5, 0.6) is 5.88 Å². The van der Waals surface area contributed by atoms with Gasteiger partial charge in [0.05, 0.1) is 7.11 Å². The predicted octanol–water partition coefficient (Wildman–Crippen LogP) is 0.862. The molecule has 1 aromatic heterocycles. The number of aromatic nitrogens is 1. The van der Waals surface area contributed by atoms with Crippen LogP contribution in [0.15, 0.2) is 18.3 Å². The van der Waals surface area contributed by atoms with Crippen LogP contribution in [0.4, 0.5) is 0 Å². The van der Waals surface area contributed by atoms with Crippen molar-refractivity contribution in [2.75, 3.05) is 11.8 Å². The van der Waals surface area contributed by atoms with Gasteiger partial charge in [0.25, 0.3) is 0 Å². The lowest BCUT2D eigenvalue weighted by Crippen LogP contribution is -2.23. The Morgan fingerprint density at radius 3 is 2.73 bits per heavy atom. The molecule has 0 aromatic carbocycles. The first-order valence-electron chi connectivity index (χ1n) is 4.09. The summed E-state index contributed by atoms with van der Waals surface area (Å²) in [6, 6.07) is 3.43. The number of sulfonamides is 1. The van der Waals surface area contributed by atoms with Crippen molar-refractivity contribution in [3.63, 3.8) is 0 Å². The Hall–Kier alpha value is -0.660. The van der Waals surface area contributed by atoms with Gasteiger partial charge >= 0.3 is 0 Å². The Morgan fingerprint density at radius 1 is 1.53 bits per heavy atom. The highest BCUT2D eigenvalue weighted by atomic mass is 79.9. The minimum absolute atomic E-state index is 0.108. The number of halogens is 1. The zero-order valence-corrected chi connectivity index (χ0v) is 10.5. The average Bonchev–Trinajstić information content (AvgIpc) is 2.27. The second-order valence-electron chi connectivity index (χ2n) is 2.75. The summed E-state index contributed by atoms with van der Waals surface area (Å²) in [6.07, 6.45) is 1.57. The molecule has 0 bridgehead atoms. The molecular weight excluding hydrogens is 284 g/mol. The molecule has 0 saturated carbocycles. The van der Waals surface area contributed by atoms with E-state index >= 15 is 0 Å². The predicted molar refractivity (Wildman–Crippen MR) is 60.3 cm³/mol. The van der Waals surface area contributed by atoms with Crippen LogP contribution in [0.2, 0.25) is 0 Å². The SMILES string of the molecule is COc1ccc(CNS(=O)(=O)CBr)cn1. The molecule has 0 radical (unpaired) electrons. The number of pyridine rings is 1. The van der Waals surface area contributed by atoms with Crippen LogP contribution in [0, 0.1) is 0 Å². The van der Waals surface area contributed by atoms with Gasteiger partial charge in [0.2, 0.25) is 15.9 Å². The average molecular weight is 295 g/mol. The van der Waals surface area contributed by atoms with Crippen molar-refractivity contribution in [1.82, 2.24) is 9.71 Å². The summed E-state index contributed by atoms with van der Waals surface area (Å²) >= 11 is 2.88. The maximum absolute atomic E-state index is 11.1. The maximum atomic E-state index is 11.1. The van der Waals surface area contributed by atoms with Gasteiger partial charge in [0, 0.05) is 18.8 Å². The van der Waals surface area contributed by atoms with Crippen molar-refractivity contribution >= 4 is 26.0 Å². The van der Waals surface area contributed by atoms with E-state index in [0.29, 0.717) is 5.88 Å². The smallest absolute Gasteiger partial charge is 0.221 e. The first kappa shape index (κ1) is 12.4. The number of hydrogen-bond donors (Lipinski definition) is 1. The number of ether oxygens (including phenoxy) is 1. The summed E-state index contributed by atoms with van der Waals surface area (Å²) in [5, 5.41) is 0. The standard InChI is InChI=1S/C8H11BrN2O3S/c1-14-8-3-2-7(4-10-8)5-11-15(12,13)6-9/h2-4,11H,5-6H2,1H3. The molecule has 1 N–H and O–H groups in total. The Labute approximate surface area is 97.0 Å². The number of alkyl halides is 1. The highest BCUT2D eigenvalue weighted by Crippen LogP contribution is 2.06. The van der Waals surface area contributed by atoms with E-state index in [2.05, 4.69) is 25.6 Å². The van der Waals surface area contributed by atoms with Crippen molar-refractivity contribution in [2.45, 2.75) is 6.54 Å². The molecule has 0 aliphatic heterocycles. The minimum atomic E-state index is -3.23. The second-order valence-corrected chi connectivity index (χ2v) is 5.86. The molecule has 0 aliphatic rings. The van der Waals surface area contributed by atoms with Gasteiger partial charge in [-0.25, -0.2) is 18.1 Å². The summed E-state index contributed by atoms with van der Waals surface area (Å²) in [5.74, 6) is 0.502. The van der Waals surface area contributed by atoms with Gasteiger partial charge in [-0.05, 0) is 5.56 Å². The van der Waals surface area contributed by atoms with Crippen molar-refractivity contribution in [2.24, 2.45) is 0 Å². The molecule has 15 heavy (non-hydrogen) atoms. The van der Waals surface area contributed by atoms with Crippen molar-refractivity contribution < 1.29 is 13.2 Å². The van der Waals surface area contributed by atoms with Gasteiger partial charge in [-0.2, -0.15) is 0 Å². The number of methoxy groups -OCH3 is 1. The molecule has 0 atom stereocenters. The van der Waals surface area contributed by atoms with Crippen LogP contribution in [0.1, 0.15) is 5.56 Å². The van der Waals surface area contributed by atoms with Crippen LogP contribution in [0.3, 0.4) is 0 Å². The molecule has 7 heteroatoms. The summed E-state index contributed by atoms with van der Waals surface area (Å²) in [6.45, 7) is 0.227. The Bertz CT molecular complexity index is 404. The van der Waals surface area contributed by atoms with E-state index in [4.69, 9.17) is 4.74 Å². The van der Waals surface area contributed by atoms with Crippen molar-refractivity contribution in [3.05, 3.63) is 23.9 Å². The number of hydrogen-bond acceptors (Lipinski definition) is 4. The van der Waals surface area contributed by atoms with Crippen LogP contribution >= 0.6 is 15.9 Å². The van der Waals surface area contributed by atoms with Crippen LogP contribution in [-0.4, -0.2) is 25.2 Å². The Kier molecular flexibility index (Phi) is 4.49. The number of rotatable bonds is 5. The molecular formula is C8H11BrN2O3S. The van der Waals surface area contributed by atoms with E-state index in [1.54, 1.807) is 18.3 Å². The fourth-order valence-electron chi connectivity index (χ4n) is 0.868. The highest BCUT2D eigenvalue weighted by Gasteiger charge is 2.06. The van der Waals surface area contributed by atoms with E-state index < -0.39 is 10.0 Å². The van der Waals surface area contributed by atoms with Gasteiger partial charge in [-0.1, -0.05) is 22.0 Å². The van der Waals surface area contributed by atoms with Crippen molar-refractivity contribution in [3.8, 4) is 5.88 Å². The Balaban J connectivity index is 2.59. The maximum Gasteiger partial charge on any atom is 0.221 e. The zero-order valence-electron chi connectivity index (χ0n) is 8.10. The van der Waals surface area contributed by atoms with Gasteiger partial charge in [0.15, 0.2) is 0 Å². The van der Waals surface area contributed by atoms with Crippen molar-refractivity contribution in [1.29, 1.82) is 0 Å². The highest BCUT2D eigenvalue weighted by molar-refractivity contribution is 9.10. The molecule has 0 unspecified atom stereocenters. The second kappa shape index (κ2) is 5.43. The number of nitrogens with zero attached hydrogens (tertiary/aromatic N) is 1. The van der Waals surface area contributed by atoms with Crippen LogP contribution in [-0.2, 0) is 16.6 Å². The fraction of sp³-hybridized carbons (Fsp3) is 0.375. The lowest BCUT2D eigenvalue weighted by Gasteiger charge is -2.04. The molecule has 1 rings (SSSR count). The molecule has 84 valence electrons. The largest absolute Gasteiger partial charge is 0.481 e. The quantitative estimate of drug-likeness (QED) is 0.818. The third-order valence-electron chi connectivity index (χ3n) is 1.65. The Morgan fingerprint density at radius 2 is 2.27 bits per heavy atom. The van der Waals surface area contributed by atoms with E-state index in [9.17, 15) is 8.42 Å². The lowest BCUT2D eigenvalue weighted by molar-refractivity contribution is 0.397. The summed E-state index contributed by atoms with van der Waals surface area (Å²) in [5.41, 5.74) is 0.778. The summed E-state index contributed by atoms with van der Waals surface area (Å²) < 4.78 is 29.4. The van der Waals surface area contributed by atoms with Crippen LogP contribution in [0.25, 0.3) is 0 Å². The van der Waals surface area contributed by atoms with E-state index in [-0.39, 0.29) is 11.2 Å². The fourth-order valence-corrected chi connectivity index (χ4v) is 1.82. The molecule has 0 amide bonds. The number of nitrogens with one attached hydrogen (secondary N) is 1. The van der Waals surface area contributed by atoms with Gasteiger partial charge < -0.3 is 4.74 Å². The van der Waals surface area contributed by atoms with E-state index in [1.807, 2.05) is 0 Å². The zero-order chi connectivity index (χ0) is 11.3. The van der Waals surface area contributed by atoms with Gasteiger partial charge in [-0.15, -0.1) is 0 Å².